The van der Waals surface area contributed by atoms with E-state index < -0.39 is 0 Å². The molecule has 0 spiro atoms. The Morgan fingerprint density at radius 3 is 0.875 bits per heavy atom. The van der Waals surface area contributed by atoms with E-state index in [1.807, 2.05) is 97.6 Å². The van der Waals surface area contributed by atoms with Crippen molar-refractivity contribution in [3.63, 3.8) is 0 Å². The fourth-order valence-corrected chi connectivity index (χ4v) is 16.4. The molecule has 0 atom stereocenters. The summed E-state index contributed by atoms with van der Waals surface area (Å²) in [4.78, 5) is 33.6. The van der Waals surface area contributed by atoms with Crippen LogP contribution in [0.15, 0.2) is 395 Å². The summed E-state index contributed by atoms with van der Waals surface area (Å²) in [7, 11) is 0. The van der Waals surface area contributed by atoms with Gasteiger partial charge in [-0.1, -0.05) is 170 Å². The third-order valence-corrected chi connectivity index (χ3v) is 21.5. The minimum absolute atomic E-state index is 0.792. The van der Waals surface area contributed by atoms with Gasteiger partial charge in [-0.2, -0.15) is 0 Å². The Morgan fingerprint density at radius 1 is 0.152 bits per heavy atom. The number of aromatic nitrogens is 11. The van der Waals surface area contributed by atoms with Gasteiger partial charge < -0.3 is 9.13 Å². The molecule has 0 fully saturated rings. The van der Waals surface area contributed by atoms with Crippen LogP contribution in [-0.4, -0.2) is 53.2 Å². The monoisotopic (exact) mass is 1430 g/mol. The average molecular weight is 1430 g/mol. The number of rotatable bonds is 12. The van der Waals surface area contributed by atoms with Gasteiger partial charge in [0.15, 0.2) is 0 Å². The Balaban J connectivity index is 0.000000141. The quantitative estimate of drug-likeness (QED) is 0.120. The molecule has 0 aliphatic carbocycles. The highest BCUT2D eigenvalue weighted by Gasteiger charge is 2.22. The number of benzene rings is 11. The third-order valence-electron chi connectivity index (χ3n) is 21.5. The molecule has 0 saturated heterocycles. The van der Waals surface area contributed by atoms with Crippen LogP contribution in [0.25, 0.3) is 200 Å². The van der Waals surface area contributed by atoms with Crippen molar-refractivity contribution < 1.29 is 0 Å². The first kappa shape index (κ1) is 65.0. The van der Waals surface area contributed by atoms with Gasteiger partial charge in [0, 0.05) is 114 Å². The summed E-state index contributed by atoms with van der Waals surface area (Å²) >= 11 is 0. The minimum atomic E-state index is 0.792. The molecule has 0 bridgehead atoms. The highest BCUT2D eigenvalue weighted by molar-refractivity contribution is 6.14. The van der Waals surface area contributed by atoms with Gasteiger partial charge in [-0.05, 0) is 233 Å². The van der Waals surface area contributed by atoms with Crippen LogP contribution in [0.2, 0.25) is 0 Å². The highest BCUT2D eigenvalue weighted by Crippen LogP contribution is 2.43. The van der Waals surface area contributed by atoms with Crippen molar-refractivity contribution in [3.05, 3.63) is 395 Å². The van der Waals surface area contributed by atoms with Gasteiger partial charge in [0.2, 0.25) is 0 Å². The normalized spacial score (nSPS) is 11.6. The molecule has 0 saturated carbocycles. The summed E-state index contributed by atoms with van der Waals surface area (Å²) in [6, 6.07) is 126. The Morgan fingerprint density at radius 2 is 0.464 bits per heavy atom. The molecular weight excluding hydrogens is 1370 g/mol. The average Bonchev–Trinajstić information content (AvgIpc) is 1.46. The van der Waals surface area contributed by atoms with Crippen molar-refractivity contribution in [2.45, 2.75) is 0 Å². The molecule has 11 aromatic carbocycles. The van der Waals surface area contributed by atoms with E-state index in [9.17, 15) is 0 Å². The van der Waals surface area contributed by atoms with Crippen molar-refractivity contribution in [3.8, 4) is 113 Å². The van der Waals surface area contributed by atoms with Crippen LogP contribution in [0.4, 0.5) is 0 Å². The number of fused-ring (bicyclic) bond motifs is 12. The SMILES string of the molecule is c1ccc(-n2c3ccccc3c3ccc(-c4ccc5c6cccnc6n(-c6cccc(-c7cc(-c8ccccn8)cc(-c8ccccn8)c7)c6)c5c4)cc32)cc1.c1ccc(-n2c3ccccc3c3ccc(-c4ccc5c6cccnc6n(-c6cccc(-c7cc(-c8ccccn8)nc(-c8ccccn8)c7)c6)c5c4)cc32)cc1. The van der Waals surface area contributed by atoms with E-state index in [-0.39, 0.29) is 0 Å². The first-order chi connectivity index (χ1) is 55.5. The molecule has 524 valence electrons. The summed E-state index contributed by atoms with van der Waals surface area (Å²) in [6.07, 6.45) is 11.0. The molecule has 0 N–H and O–H groups in total. The van der Waals surface area contributed by atoms with E-state index in [1.54, 1.807) is 12.4 Å². The van der Waals surface area contributed by atoms with Crippen LogP contribution >= 0.6 is 0 Å². The van der Waals surface area contributed by atoms with Crippen molar-refractivity contribution in [2.24, 2.45) is 0 Å². The second-order valence-electron chi connectivity index (χ2n) is 28.1. The van der Waals surface area contributed by atoms with Gasteiger partial charge in [0.1, 0.15) is 11.3 Å². The maximum Gasteiger partial charge on any atom is 0.145 e. The highest BCUT2D eigenvalue weighted by atomic mass is 15.1. The molecule has 0 aliphatic rings. The second-order valence-corrected chi connectivity index (χ2v) is 28.1. The molecule has 22 aromatic rings. The van der Waals surface area contributed by atoms with E-state index in [0.29, 0.717) is 0 Å². The van der Waals surface area contributed by atoms with E-state index in [0.717, 1.165) is 156 Å². The number of pyridine rings is 7. The third kappa shape index (κ3) is 11.5. The lowest BCUT2D eigenvalue weighted by atomic mass is 9.96. The zero-order valence-corrected chi connectivity index (χ0v) is 60.4. The molecule has 11 aromatic heterocycles. The maximum atomic E-state index is 5.00. The summed E-state index contributed by atoms with van der Waals surface area (Å²) in [5.41, 5.74) is 29.1. The Hall–Kier alpha value is -15.3. The first-order valence-electron chi connectivity index (χ1n) is 37.5. The Kier molecular flexibility index (Phi) is 15.9. The summed E-state index contributed by atoms with van der Waals surface area (Å²) in [5, 5.41) is 9.51. The van der Waals surface area contributed by atoms with Crippen molar-refractivity contribution >= 4 is 87.5 Å². The number of hydrogen-bond donors (Lipinski definition) is 0. The number of nitrogens with zero attached hydrogens (tertiary/aromatic N) is 11. The van der Waals surface area contributed by atoms with Crippen molar-refractivity contribution in [1.82, 2.24) is 53.2 Å². The molecular formula is C101H65N11. The smallest absolute Gasteiger partial charge is 0.145 e. The standard InChI is InChI=1S/C51H33N5.C50H32N6/c1-2-13-40(14-3-1)55-48-20-5-4-16-42(48)43-23-21-35(32-49(43)55)36-22-24-44-45-17-11-27-54-51(45)56(50(44)33-36)41-15-10-12-34(31-41)37-28-38(46-18-6-8-25-52-46)30-39(29-37)47-19-7-9-26-53-47;1-2-13-37(14-3-1)55-47-20-5-4-16-39(47)40-23-21-34(31-48(40)55)35-22-24-41-42-17-11-27-53-50(42)56(49(41)32-35)38-15-10-12-33(28-38)36-29-45(43-18-6-8-25-51-43)54-46(30-36)44-19-7-9-26-52-44/h1-33H;1-32H. The van der Waals surface area contributed by atoms with E-state index in [1.165, 1.54) is 43.6 Å². The van der Waals surface area contributed by atoms with Gasteiger partial charge >= 0.3 is 0 Å². The molecule has 0 amide bonds. The summed E-state index contributed by atoms with van der Waals surface area (Å²) in [6.45, 7) is 0. The Bertz CT molecular complexity index is 6800. The lowest BCUT2D eigenvalue weighted by molar-refractivity contribution is 1.14. The first-order valence-corrected chi connectivity index (χ1v) is 37.5. The van der Waals surface area contributed by atoms with Gasteiger partial charge in [-0.25, -0.2) is 15.0 Å². The van der Waals surface area contributed by atoms with E-state index >= 15 is 0 Å². The van der Waals surface area contributed by atoms with Crippen LogP contribution in [-0.2, 0) is 0 Å². The molecule has 112 heavy (non-hydrogen) atoms. The Labute approximate surface area is 644 Å². The summed E-state index contributed by atoms with van der Waals surface area (Å²) in [5.74, 6) is 0. The van der Waals surface area contributed by atoms with Crippen LogP contribution in [0.3, 0.4) is 0 Å². The molecule has 0 unspecified atom stereocenters. The lowest BCUT2D eigenvalue weighted by Gasteiger charge is -2.13. The van der Waals surface area contributed by atoms with E-state index in [4.69, 9.17) is 24.9 Å². The van der Waals surface area contributed by atoms with Crippen LogP contribution in [0.1, 0.15) is 0 Å². The zero-order chi connectivity index (χ0) is 74.0. The minimum Gasteiger partial charge on any atom is -0.309 e. The van der Waals surface area contributed by atoms with Crippen LogP contribution in [0, 0.1) is 0 Å². The van der Waals surface area contributed by atoms with Crippen LogP contribution < -0.4 is 0 Å². The van der Waals surface area contributed by atoms with Gasteiger partial charge in [-0.15, -0.1) is 0 Å². The lowest BCUT2D eigenvalue weighted by Crippen LogP contribution is -1.97. The fourth-order valence-electron chi connectivity index (χ4n) is 16.4. The zero-order valence-electron chi connectivity index (χ0n) is 60.4. The van der Waals surface area contributed by atoms with Crippen LogP contribution in [0.5, 0.6) is 0 Å². The van der Waals surface area contributed by atoms with Gasteiger partial charge in [-0.3, -0.25) is 29.1 Å². The van der Waals surface area contributed by atoms with Gasteiger partial charge in [0.05, 0.1) is 67.3 Å². The topological polar surface area (TPSA) is 110 Å². The summed E-state index contributed by atoms with van der Waals surface area (Å²) < 4.78 is 9.34. The largest absolute Gasteiger partial charge is 0.309 e. The molecule has 11 heteroatoms. The predicted octanol–water partition coefficient (Wildman–Crippen LogP) is 24.9. The number of hydrogen-bond acceptors (Lipinski definition) is 7. The predicted molar refractivity (Wildman–Crippen MR) is 458 cm³/mol. The van der Waals surface area contributed by atoms with Crippen molar-refractivity contribution in [2.75, 3.05) is 0 Å². The molecule has 11 heterocycles. The molecule has 0 aliphatic heterocycles. The second kappa shape index (κ2) is 27.5. The van der Waals surface area contributed by atoms with Crippen molar-refractivity contribution in [1.29, 1.82) is 0 Å². The molecule has 22 rings (SSSR count). The fraction of sp³-hybridized carbons (Fsp3) is 0. The van der Waals surface area contributed by atoms with Gasteiger partial charge in [0.25, 0.3) is 0 Å². The molecule has 11 nitrogen and oxygen atoms in total. The van der Waals surface area contributed by atoms with E-state index in [2.05, 4.69) is 313 Å². The molecule has 0 radical (unpaired) electrons. The maximum absolute atomic E-state index is 5.00. The number of para-hydroxylation sites is 4.